The highest BCUT2D eigenvalue weighted by atomic mass is 15.2. The lowest BCUT2D eigenvalue weighted by Crippen LogP contribution is -2.47. The molecule has 1 heteroatoms. The fourth-order valence-corrected chi connectivity index (χ4v) is 1.72. The summed E-state index contributed by atoms with van der Waals surface area (Å²) in [6.07, 6.45) is 2.83. The van der Waals surface area contributed by atoms with Gasteiger partial charge in [-0.3, -0.25) is 0 Å². The van der Waals surface area contributed by atoms with E-state index >= 15 is 0 Å². The first-order valence-corrected chi connectivity index (χ1v) is 4.48. The van der Waals surface area contributed by atoms with Gasteiger partial charge in [0.15, 0.2) is 0 Å². The van der Waals surface area contributed by atoms with Gasteiger partial charge in [-0.15, -0.1) is 0 Å². The van der Waals surface area contributed by atoms with Crippen molar-refractivity contribution >= 4 is 0 Å². The SMILES string of the molecule is CCN1CC[C@H]1CC(C)C. The van der Waals surface area contributed by atoms with Crippen molar-refractivity contribution in [2.24, 2.45) is 5.92 Å². The van der Waals surface area contributed by atoms with E-state index in [1.165, 1.54) is 25.9 Å². The summed E-state index contributed by atoms with van der Waals surface area (Å²) in [5.41, 5.74) is 0. The molecule has 60 valence electrons. The van der Waals surface area contributed by atoms with E-state index in [0.717, 1.165) is 12.0 Å². The van der Waals surface area contributed by atoms with Crippen molar-refractivity contribution in [1.82, 2.24) is 4.90 Å². The van der Waals surface area contributed by atoms with Crippen molar-refractivity contribution in [1.29, 1.82) is 0 Å². The molecule has 0 aliphatic carbocycles. The molecule has 0 aromatic heterocycles. The number of rotatable bonds is 3. The third-order valence-corrected chi connectivity index (χ3v) is 2.42. The molecule has 1 nitrogen and oxygen atoms in total. The summed E-state index contributed by atoms with van der Waals surface area (Å²) in [5, 5.41) is 0. The molecule has 1 fully saturated rings. The summed E-state index contributed by atoms with van der Waals surface area (Å²) in [4.78, 5) is 2.57. The second-order valence-corrected chi connectivity index (χ2v) is 3.70. The third-order valence-electron chi connectivity index (χ3n) is 2.42. The predicted molar refractivity (Wildman–Crippen MR) is 45.1 cm³/mol. The van der Waals surface area contributed by atoms with Gasteiger partial charge in [-0.1, -0.05) is 20.8 Å². The molecule has 0 radical (unpaired) electrons. The number of nitrogens with zero attached hydrogens (tertiary/aromatic N) is 1. The molecule has 1 aliphatic rings. The Morgan fingerprint density at radius 2 is 2.20 bits per heavy atom. The van der Waals surface area contributed by atoms with Crippen LogP contribution in [0.3, 0.4) is 0 Å². The third kappa shape index (κ3) is 1.72. The zero-order chi connectivity index (χ0) is 7.56. The van der Waals surface area contributed by atoms with Crippen LogP contribution in [0.15, 0.2) is 0 Å². The lowest BCUT2D eigenvalue weighted by Gasteiger charge is -2.41. The molecule has 1 aliphatic heterocycles. The minimum absolute atomic E-state index is 0.874. The van der Waals surface area contributed by atoms with Crippen LogP contribution in [0.4, 0.5) is 0 Å². The number of likely N-dealkylation sites (tertiary alicyclic amines) is 1. The predicted octanol–water partition coefficient (Wildman–Crippen LogP) is 2.13. The molecule has 0 saturated carbocycles. The van der Waals surface area contributed by atoms with Gasteiger partial charge in [-0.2, -0.15) is 0 Å². The molecule has 10 heavy (non-hydrogen) atoms. The van der Waals surface area contributed by atoms with Gasteiger partial charge in [0.2, 0.25) is 0 Å². The normalized spacial score (nSPS) is 27.0. The number of hydrogen-bond acceptors (Lipinski definition) is 1. The van der Waals surface area contributed by atoms with Crippen molar-refractivity contribution in [3.8, 4) is 0 Å². The molecule has 1 atom stereocenters. The molecule has 1 heterocycles. The van der Waals surface area contributed by atoms with E-state index in [2.05, 4.69) is 25.7 Å². The molecule has 0 spiro atoms. The average Bonchev–Trinajstić information content (AvgIpc) is 1.82. The van der Waals surface area contributed by atoms with E-state index in [1.807, 2.05) is 0 Å². The lowest BCUT2D eigenvalue weighted by atomic mass is 9.94. The van der Waals surface area contributed by atoms with Gasteiger partial charge in [0.25, 0.3) is 0 Å². The highest BCUT2D eigenvalue weighted by Crippen LogP contribution is 2.22. The zero-order valence-corrected chi connectivity index (χ0v) is 7.43. The van der Waals surface area contributed by atoms with Gasteiger partial charge >= 0.3 is 0 Å². The zero-order valence-electron chi connectivity index (χ0n) is 7.43. The van der Waals surface area contributed by atoms with Crippen LogP contribution in [-0.4, -0.2) is 24.0 Å². The topological polar surface area (TPSA) is 3.24 Å². The molecule has 0 aromatic rings. The van der Waals surface area contributed by atoms with E-state index in [4.69, 9.17) is 0 Å². The molecule has 0 amide bonds. The van der Waals surface area contributed by atoms with Crippen LogP contribution in [0.5, 0.6) is 0 Å². The molecule has 0 bridgehead atoms. The van der Waals surface area contributed by atoms with Crippen LogP contribution in [0, 0.1) is 5.92 Å². The maximum absolute atomic E-state index is 2.57. The molecule has 0 unspecified atom stereocenters. The van der Waals surface area contributed by atoms with E-state index in [1.54, 1.807) is 0 Å². The summed E-state index contributed by atoms with van der Waals surface area (Å²) < 4.78 is 0. The van der Waals surface area contributed by atoms with Gasteiger partial charge in [0.1, 0.15) is 0 Å². The summed E-state index contributed by atoms with van der Waals surface area (Å²) >= 11 is 0. The van der Waals surface area contributed by atoms with Crippen molar-refractivity contribution in [2.45, 2.75) is 39.7 Å². The number of hydrogen-bond donors (Lipinski definition) is 0. The first-order valence-electron chi connectivity index (χ1n) is 4.48. The second-order valence-electron chi connectivity index (χ2n) is 3.70. The minimum atomic E-state index is 0.874. The fourth-order valence-electron chi connectivity index (χ4n) is 1.72. The van der Waals surface area contributed by atoms with Crippen LogP contribution in [0.1, 0.15) is 33.6 Å². The molecular formula is C9H19N. The van der Waals surface area contributed by atoms with E-state index in [-0.39, 0.29) is 0 Å². The van der Waals surface area contributed by atoms with Gasteiger partial charge in [-0.25, -0.2) is 0 Å². The van der Waals surface area contributed by atoms with Gasteiger partial charge in [0, 0.05) is 6.04 Å². The average molecular weight is 141 g/mol. The van der Waals surface area contributed by atoms with E-state index in [0.29, 0.717) is 0 Å². The Labute approximate surface area is 64.4 Å². The maximum Gasteiger partial charge on any atom is 0.0110 e. The van der Waals surface area contributed by atoms with Crippen LogP contribution in [0.25, 0.3) is 0 Å². The Morgan fingerprint density at radius 3 is 2.50 bits per heavy atom. The summed E-state index contributed by atoms with van der Waals surface area (Å²) in [7, 11) is 0. The van der Waals surface area contributed by atoms with Crippen molar-refractivity contribution in [3.05, 3.63) is 0 Å². The summed E-state index contributed by atoms with van der Waals surface area (Å²) in [5.74, 6) is 0.874. The van der Waals surface area contributed by atoms with Crippen LogP contribution >= 0.6 is 0 Å². The molecule has 1 rings (SSSR count). The van der Waals surface area contributed by atoms with E-state index in [9.17, 15) is 0 Å². The van der Waals surface area contributed by atoms with Gasteiger partial charge in [0.05, 0.1) is 0 Å². The Kier molecular flexibility index (Phi) is 2.72. The largest absolute Gasteiger partial charge is 0.301 e. The lowest BCUT2D eigenvalue weighted by molar-refractivity contribution is 0.0808. The summed E-state index contributed by atoms with van der Waals surface area (Å²) in [6.45, 7) is 9.47. The van der Waals surface area contributed by atoms with Crippen molar-refractivity contribution < 1.29 is 0 Å². The second kappa shape index (κ2) is 3.38. The van der Waals surface area contributed by atoms with Crippen LogP contribution in [0.2, 0.25) is 0 Å². The molecular weight excluding hydrogens is 122 g/mol. The molecule has 0 aromatic carbocycles. The van der Waals surface area contributed by atoms with Crippen LogP contribution < -0.4 is 0 Å². The monoisotopic (exact) mass is 141 g/mol. The standard InChI is InChI=1S/C9H19N/c1-4-10-6-5-9(10)7-8(2)3/h8-9H,4-7H2,1-3H3/t9-/m0/s1. The first kappa shape index (κ1) is 8.06. The first-order chi connectivity index (χ1) is 4.74. The molecule has 1 saturated heterocycles. The molecule has 0 N–H and O–H groups in total. The Hall–Kier alpha value is -0.0400. The van der Waals surface area contributed by atoms with Crippen molar-refractivity contribution in [2.75, 3.05) is 13.1 Å². The van der Waals surface area contributed by atoms with Gasteiger partial charge in [-0.05, 0) is 31.8 Å². The highest BCUT2D eigenvalue weighted by molar-refractivity contribution is 4.81. The van der Waals surface area contributed by atoms with Crippen molar-refractivity contribution in [3.63, 3.8) is 0 Å². The van der Waals surface area contributed by atoms with Crippen LogP contribution in [-0.2, 0) is 0 Å². The Balaban J connectivity index is 2.16. The Morgan fingerprint density at radius 1 is 1.50 bits per heavy atom. The quantitative estimate of drug-likeness (QED) is 0.582. The highest BCUT2D eigenvalue weighted by Gasteiger charge is 2.26. The van der Waals surface area contributed by atoms with Gasteiger partial charge < -0.3 is 4.90 Å². The van der Waals surface area contributed by atoms with E-state index < -0.39 is 0 Å². The Bertz CT molecular complexity index is 96.9. The fraction of sp³-hybridized carbons (Fsp3) is 1.00. The maximum atomic E-state index is 2.57. The summed E-state index contributed by atoms with van der Waals surface area (Å²) in [6, 6.07) is 0.921. The minimum Gasteiger partial charge on any atom is -0.301 e. The smallest absolute Gasteiger partial charge is 0.0110 e.